The Balaban J connectivity index is 1.08. The Morgan fingerprint density at radius 3 is 0.318 bits per heavy atom. The van der Waals surface area contributed by atoms with Crippen molar-refractivity contribution in [3.05, 3.63) is 44.5 Å². The van der Waals surface area contributed by atoms with Gasteiger partial charge < -0.3 is 37.9 Å². The first kappa shape index (κ1) is 40.1. The molecule has 88 heavy (non-hydrogen) atoms. The molecule has 34 rings (SSSR count). The van der Waals surface area contributed by atoms with Crippen LogP contribution in [0.4, 0.5) is 0 Å². The molecule has 0 aliphatic heterocycles. The van der Waals surface area contributed by atoms with E-state index in [0.29, 0.717) is 52.9 Å². The van der Waals surface area contributed by atoms with Crippen LogP contribution in [0, 0.1) is 0 Å². The smallest absolute Gasteiger partial charge is 0.240 e. The Kier molecular flexibility index (Phi) is 4.42. The molecule has 8 nitrogen and oxygen atoms in total. The number of hydrogen-bond acceptors (Lipinski definition) is 8. The summed E-state index contributed by atoms with van der Waals surface area (Å²) in [5.41, 5.74) is 7.70. The normalized spacial score (nSPS) is 27.0. The highest BCUT2D eigenvalue weighted by Gasteiger charge is 3.01. The summed E-state index contributed by atoms with van der Waals surface area (Å²) in [6.07, 6.45) is 0. The molecule has 408 valence electrons. The third-order valence-corrected chi connectivity index (χ3v) is 29.7. The fourth-order valence-corrected chi connectivity index (χ4v) is 30.6. The minimum Gasteiger partial charge on any atom is -0.345 e. The van der Waals surface area contributed by atoms with Crippen molar-refractivity contribution in [2.75, 3.05) is 52.9 Å². The van der Waals surface area contributed by atoms with Crippen molar-refractivity contribution >= 4 is 259 Å². The van der Waals surface area contributed by atoms with Gasteiger partial charge in [-0.25, -0.2) is 0 Å². The van der Waals surface area contributed by atoms with Crippen LogP contribution in [0.3, 0.4) is 0 Å². The van der Waals surface area contributed by atoms with E-state index in [1.807, 2.05) is 0 Å². The van der Waals surface area contributed by atoms with Crippen LogP contribution in [0.2, 0.25) is 0 Å². The zero-order valence-electron chi connectivity index (χ0n) is 48.9. The van der Waals surface area contributed by atoms with Crippen LogP contribution in [0.15, 0.2) is 0 Å². The zero-order chi connectivity index (χ0) is 55.6. The molecular formula is C80H40O8. The van der Waals surface area contributed by atoms with Gasteiger partial charge in [-0.1, -0.05) is 0 Å². The van der Waals surface area contributed by atoms with Gasteiger partial charge in [-0.15, -0.1) is 0 Å². The fraction of sp³-hybridized carbons (Fsp3) is 0.300. The highest BCUT2D eigenvalue weighted by molar-refractivity contribution is 6.78. The Bertz CT molecular complexity index is 7310. The van der Waals surface area contributed by atoms with E-state index in [9.17, 15) is 0 Å². The molecule has 2 saturated carbocycles. The molecule has 0 heterocycles. The van der Waals surface area contributed by atoms with Crippen LogP contribution in [-0.4, -0.2) is 76.0 Å². The monoisotopic (exact) mass is 1130 g/mol. The number of benzene rings is 16. The molecule has 4 unspecified atom stereocenters. The van der Waals surface area contributed by atoms with Gasteiger partial charge in [0.1, 0.15) is 21.7 Å². The van der Waals surface area contributed by atoms with Crippen molar-refractivity contribution in [2.24, 2.45) is 0 Å². The Morgan fingerprint density at radius 2 is 0.216 bits per heavy atom. The number of ether oxygens (including phenoxy) is 8. The SMILES string of the molecule is CCOC1(OCC)C(OCC)(OCC)C23c4c5c6c7c8c9c%10c%11c%12c%13c%14c%15c%16c%17c%18c(c9c6c6c%18c9c%17c%17c%15c%15c%18c%14c%14c%12c%12c%11c8c(c8c%11c2c2c4c4c(c56)c9c5c4c4c2c2c%11c(c8%12)c%14c%18c2c4c%15c%175)C713)C%101C(OCC)(OCC)C(OCC)(OCC)C%13%161. The van der Waals surface area contributed by atoms with Gasteiger partial charge in [0.25, 0.3) is 0 Å². The molecule has 0 saturated heterocycles. The molecule has 4 atom stereocenters. The van der Waals surface area contributed by atoms with Crippen molar-refractivity contribution < 1.29 is 37.9 Å². The predicted octanol–water partition coefficient (Wildman–Crippen LogP) is 18.0. The molecule has 4 spiro atoms. The van der Waals surface area contributed by atoms with Gasteiger partial charge in [-0.2, -0.15) is 0 Å². The number of rotatable bonds is 16. The van der Waals surface area contributed by atoms with E-state index in [4.69, 9.17) is 37.9 Å². The van der Waals surface area contributed by atoms with Crippen molar-refractivity contribution in [3.63, 3.8) is 0 Å². The van der Waals surface area contributed by atoms with Crippen molar-refractivity contribution in [1.82, 2.24) is 0 Å². The summed E-state index contributed by atoms with van der Waals surface area (Å²) >= 11 is 0. The lowest BCUT2D eigenvalue weighted by atomic mass is 9.32. The first-order valence-electron chi connectivity index (χ1n) is 33.6. The Labute approximate surface area is 491 Å². The number of hydrogen-bond donors (Lipinski definition) is 0. The average molecular weight is 1130 g/mol. The highest BCUT2D eigenvalue weighted by atomic mass is 16.8. The van der Waals surface area contributed by atoms with Crippen LogP contribution in [-0.2, 0) is 59.6 Å². The van der Waals surface area contributed by atoms with Gasteiger partial charge in [0.15, 0.2) is 0 Å². The summed E-state index contributed by atoms with van der Waals surface area (Å²) < 4.78 is 64.9. The maximum absolute atomic E-state index is 8.13. The summed E-state index contributed by atoms with van der Waals surface area (Å²) in [7, 11) is 0. The molecule has 0 bridgehead atoms. The second kappa shape index (κ2) is 9.69. The summed E-state index contributed by atoms with van der Waals surface area (Å²) in [5, 5.41) is 71.5. The second-order valence-corrected chi connectivity index (χ2v) is 29.9. The Hall–Kier alpha value is -7.60. The van der Waals surface area contributed by atoms with Gasteiger partial charge in [0.2, 0.25) is 23.1 Å². The second-order valence-electron chi connectivity index (χ2n) is 29.9. The van der Waals surface area contributed by atoms with E-state index in [1.165, 1.54) is 303 Å². The maximum atomic E-state index is 8.13. The first-order chi connectivity index (χ1) is 43.5. The average Bonchev–Trinajstić information content (AvgIpc) is 1.34. The fourth-order valence-electron chi connectivity index (χ4n) is 30.6. The predicted molar refractivity (Wildman–Crippen MR) is 351 cm³/mol. The van der Waals surface area contributed by atoms with Gasteiger partial charge >= 0.3 is 0 Å². The first-order valence-corrected chi connectivity index (χ1v) is 33.6. The van der Waals surface area contributed by atoms with E-state index in [1.54, 1.807) is 0 Å². The van der Waals surface area contributed by atoms with Crippen LogP contribution in [0.25, 0.3) is 259 Å². The third kappa shape index (κ3) is 2.18. The van der Waals surface area contributed by atoms with Crippen LogP contribution in [0.1, 0.15) is 99.9 Å². The molecule has 10 aliphatic carbocycles. The Morgan fingerprint density at radius 1 is 0.136 bits per heavy atom. The molecule has 8 heteroatoms. The molecule has 2 fully saturated rings. The minimum absolute atomic E-state index is 0.420. The van der Waals surface area contributed by atoms with Crippen LogP contribution < -0.4 is 0 Å². The molecule has 24 aromatic rings. The lowest BCUT2D eigenvalue weighted by Gasteiger charge is -2.78. The lowest BCUT2D eigenvalue weighted by Crippen LogP contribution is -2.94. The summed E-state index contributed by atoms with van der Waals surface area (Å²) in [6, 6.07) is 0. The van der Waals surface area contributed by atoms with E-state index in [2.05, 4.69) is 55.4 Å². The quantitative estimate of drug-likeness (QED) is 0.0700. The molecule has 0 amide bonds. The van der Waals surface area contributed by atoms with E-state index in [0.717, 1.165) is 0 Å². The van der Waals surface area contributed by atoms with Crippen molar-refractivity contribution in [3.8, 4) is 0 Å². The van der Waals surface area contributed by atoms with Gasteiger partial charge in [0.05, 0.1) is 0 Å². The molecule has 0 aromatic heterocycles. The molecule has 24 aromatic carbocycles. The summed E-state index contributed by atoms with van der Waals surface area (Å²) in [4.78, 5) is 0. The standard InChI is InChI=1S/C80H40O8/c1-9-81-77(82-10-2)73-65-49-37-25-17-18-22-19-23-31-39(27(19)25)51(49)67(73)57-45(31)35-44-34(23)42-30(22)38-26(18)28-20-21(17)29(37)41-33-24(20)32-40(28)52-50(38)66-54(42)56(44)70-62-47(35)59(57)71-63-61-48-36(43(33)55(53(41)65)69(61)75(71,73)79(77,85-13-5)86-14-6)46(32)58-60(48)72(64(62)63)76(70)74(66,68(52)58)78(83-11-3,84-12-4)80(76,87-15-7)88-16-8/h9-16H2,1-8H3. The van der Waals surface area contributed by atoms with Gasteiger partial charge in [-0.3, -0.25) is 0 Å². The summed E-state index contributed by atoms with van der Waals surface area (Å²) in [5.74, 6) is -5.71. The topological polar surface area (TPSA) is 73.8 Å². The minimum atomic E-state index is -1.44. The van der Waals surface area contributed by atoms with Gasteiger partial charge in [0, 0.05) is 52.9 Å². The largest absolute Gasteiger partial charge is 0.345 e. The summed E-state index contributed by atoms with van der Waals surface area (Å²) in [6.45, 7) is 21.0. The van der Waals surface area contributed by atoms with Gasteiger partial charge in [-0.05, 0) is 358 Å². The van der Waals surface area contributed by atoms with E-state index < -0.39 is 44.8 Å². The molecular weight excluding hydrogens is 1090 g/mol. The van der Waals surface area contributed by atoms with Crippen molar-refractivity contribution in [2.45, 2.75) is 100 Å². The lowest BCUT2D eigenvalue weighted by molar-refractivity contribution is -0.508. The molecule has 0 radical (unpaired) electrons. The molecule has 0 N–H and O–H groups in total. The van der Waals surface area contributed by atoms with E-state index >= 15 is 0 Å². The zero-order valence-corrected chi connectivity index (χ0v) is 48.9. The third-order valence-electron chi connectivity index (χ3n) is 29.7. The van der Waals surface area contributed by atoms with Crippen LogP contribution >= 0.6 is 0 Å². The highest BCUT2D eigenvalue weighted by Crippen LogP contribution is 2.96. The van der Waals surface area contributed by atoms with Crippen molar-refractivity contribution in [1.29, 1.82) is 0 Å². The maximum Gasteiger partial charge on any atom is 0.240 e. The van der Waals surface area contributed by atoms with Crippen LogP contribution in [0.5, 0.6) is 0 Å². The van der Waals surface area contributed by atoms with E-state index in [-0.39, 0.29) is 0 Å². The molecule has 10 aliphatic rings.